The molecule has 0 aliphatic carbocycles. The number of nitrogen functional groups attached to an aromatic ring is 1. The molecule has 0 spiro atoms. The first kappa shape index (κ1) is 12.2. The molecule has 6 heteroatoms. The molecule has 3 nitrogen and oxygen atoms in total. The van der Waals surface area contributed by atoms with E-state index in [0.29, 0.717) is 0 Å². The summed E-state index contributed by atoms with van der Waals surface area (Å²) in [6.07, 6.45) is 0. The first-order valence-corrected chi connectivity index (χ1v) is 3.49. The number of nitrogens with one attached hydrogen (secondary N) is 1. The molecule has 0 heterocycles. The molecule has 0 fully saturated rings. The van der Waals surface area contributed by atoms with Crippen LogP contribution in [0.4, 0.5) is 4.39 Å². The Balaban J connectivity index is 0.00000144. The molecule has 1 aromatic rings. The molecule has 0 saturated heterocycles. The van der Waals surface area contributed by atoms with Gasteiger partial charge in [0, 0.05) is 0 Å². The van der Waals surface area contributed by atoms with E-state index >= 15 is 0 Å². The topological polar surface area (TPSA) is 55.1 Å². The van der Waals surface area contributed by atoms with E-state index in [1.807, 2.05) is 5.43 Å². The zero-order valence-electron chi connectivity index (χ0n) is 6.38. The monoisotopic (exact) mass is 224 g/mol. The molecule has 13 heavy (non-hydrogen) atoms. The van der Waals surface area contributed by atoms with E-state index in [4.69, 9.17) is 17.4 Å². The fraction of sp³-hybridized carbons (Fsp3) is 0. The number of carbonyl (C=O) groups is 1. The highest BCUT2D eigenvalue weighted by molar-refractivity contribution is 6.33. The summed E-state index contributed by atoms with van der Waals surface area (Å²) in [5.41, 5.74) is 1.89. The minimum absolute atomic E-state index is 0. The molecule has 0 radical (unpaired) electrons. The van der Waals surface area contributed by atoms with Crippen molar-refractivity contribution in [1.29, 1.82) is 0 Å². The van der Waals surface area contributed by atoms with Crippen LogP contribution < -0.4 is 11.3 Å². The maximum Gasteiger partial charge on any atom is 0.266 e. The summed E-state index contributed by atoms with van der Waals surface area (Å²) in [6.45, 7) is 0. The summed E-state index contributed by atoms with van der Waals surface area (Å²) < 4.78 is 12.6. The zero-order chi connectivity index (χ0) is 9.14. The molecular formula is C7H7Cl2FN2O. The third-order valence-electron chi connectivity index (χ3n) is 1.30. The third-order valence-corrected chi connectivity index (χ3v) is 1.63. The van der Waals surface area contributed by atoms with Gasteiger partial charge in [-0.25, -0.2) is 10.2 Å². The molecule has 0 aromatic heterocycles. The molecule has 0 saturated carbocycles. The largest absolute Gasteiger partial charge is 0.290 e. The molecule has 0 atom stereocenters. The average molecular weight is 225 g/mol. The summed E-state index contributed by atoms with van der Waals surface area (Å²) in [7, 11) is 0. The van der Waals surface area contributed by atoms with Gasteiger partial charge in [0.1, 0.15) is 5.82 Å². The fourth-order valence-corrected chi connectivity index (χ4v) is 0.953. The van der Waals surface area contributed by atoms with E-state index in [-0.39, 0.29) is 23.0 Å². The summed E-state index contributed by atoms with van der Waals surface area (Å²) in [5, 5.41) is 0.166. The van der Waals surface area contributed by atoms with Gasteiger partial charge in [0.15, 0.2) is 0 Å². The second-order valence-corrected chi connectivity index (χ2v) is 2.50. The van der Waals surface area contributed by atoms with E-state index in [2.05, 4.69) is 0 Å². The predicted molar refractivity (Wildman–Crippen MR) is 50.3 cm³/mol. The number of hydrogen-bond donors (Lipinski definition) is 2. The lowest BCUT2D eigenvalue weighted by molar-refractivity contribution is 0.0953. The van der Waals surface area contributed by atoms with Crippen LogP contribution in [0.1, 0.15) is 10.4 Å². The van der Waals surface area contributed by atoms with Crippen LogP contribution in [0, 0.1) is 5.82 Å². The Morgan fingerprint density at radius 2 is 2.15 bits per heavy atom. The summed E-state index contributed by atoms with van der Waals surface area (Å²) in [5.74, 6) is 3.70. The Labute approximate surface area is 85.4 Å². The average Bonchev–Trinajstić information content (AvgIpc) is 2.08. The van der Waals surface area contributed by atoms with Crippen LogP contribution in [0.15, 0.2) is 18.2 Å². The fourth-order valence-electron chi connectivity index (χ4n) is 0.749. The van der Waals surface area contributed by atoms with Crippen molar-refractivity contribution in [3.8, 4) is 0 Å². The molecule has 1 rings (SSSR count). The molecule has 1 aromatic carbocycles. The highest BCUT2D eigenvalue weighted by atomic mass is 35.5. The highest BCUT2D eigenvalue weighted by Gasteiger charge is 2.08. The molecule has 1 amide bonds. The quantitative estimate of drug-likeness (QED) is 0.432. The number of halogens is 3. The first-order valence-electron chi connectivity index (χ1n) is 3.11. The molecule has 0 unspecified atom stereocenters. The van der Waals surface area contributed by atoms with Gasteiger partial charge in [-0.2, -0.15) is 0 Å². The van der Waals surface area contributed by atoms with Gasteiger partial charge in [-0.1, -0.05) is 11.6 Å². The van der Waals surface area contributed by atoms with Crippen molar-refractivity contribution in [3.05, 3.63) is 34.6 Å². The van der Waals surface area contributed by atoms with Crippen LogP contribution >= 0.6 is 24.0 Å². The molecule has 72 valence electrons. The lowest BCUT2D eigenvalue weighted by Crippen LogP contribution is -2.30. The molecule has 0 aliphatic rings. The van der Waals surface area contributed by atoms with Crippen molar-refractivity contribution in [2.45, 2.75) is 0 Å². The SMILES string of the molecule is Cl.NNC(=O)c1cc(F)ccc1Cl. The minimum atomic E-state index is -0.612. The number of carbonyl (C=O) groups excluding carboxylic acids is 1. The number of benzene rings is 1. The van der Waals surface area contributed by atoms with Crippen molar-refractivity contribution < 1.29 is 9.18 Å². The lowest BCUT2D eigenvalue weighted by Gasteiger charge is -2.01. The standard InChI is InChI=1S/C7H6ClFN2O.ClH/c8-6-2-1-4(9)3-5(6)7(12)11-10;/h1-3H,10H2,(H,11,12);1H. The number of rotatable bonds is 1. The Hall–Kier alpha value is -0.840. The van der Waals surface area contributed by atoms with Gasteiger partial charge >= 0.3 is 0 Å². The van der Waals surface area contributed by atoms with E-state index in [0.717, 1.165) is 12.1 Å². The summed E-state index contributed by atoms with van der Waals surface area (Å²) >= 11 is 5.59. The number of nitrogens with two attached hydrogens (primary N) is 1. The lowest BCUT2D eigenvalue weighted by atomic mass is 10.2. The van der Waals surface area contributed by atoms with Crippen LogP contribution in [-0.2, 0) is 0 Å². The Kier molecular flexibility index (Phi) is 4.69. The van der Waals surface area contributed by atoms with Gasteiger partial charge in [0.2, 0.25) is 0 Å². The van der Waals surface area contributed by atoms with E-state index in [9.17, 15) is 9.18 Å². The minimum Gasteiger partial charge on any atom is -0.290 e. The molecule has 0 aliphatic heterocycles. The first-order chi connectivity index (χ1) is 5.65. The predicted octanol–water partition coefficient (Wildman–Crippen LogP) is 1.50. The Morgan fingerprint density at radius 1 is 1.54 bits per heavy atom. The van der Waals surface area contributed by atoms with Crippen LogP contribution in [0.5, 0.6) is 0 Å². The number of amides is 1. The van der Waals surface area contributed by atoms with Gasteiger partial charge in [-0.05, 0) is 18.2 Å². The van der Waals surface area contributed by atoms with Crippen molar-refractivity contribution in [1.82, 2.24) is 5.43 Å². The van der Waals surface area contributed by atoms with E-state index < -0.39 is 11.7 Å². The van der Waals surface area contributed by atoms with Crippen molar-refractivity contribution >= 4 is 29.9 Å². The van der Waals surface area contributed by atoms with E-state index in [1.165, 1.54) is 6.07 Å². The van der Waals surface area contributed by atoms with Crippen molar-refractivity contribution in [2.75, 3.05) is 0 Å². The number of hydrazine groups is 1. The second kappa shape index (κ2) is 5.01. The van der Waals surface area contributed by atoms with Gasteiger partial charge in [0.05, 0.1) is 10.6 Å². The Morgan fingerprint density at radius 3 is 2.69 bits per heavy atom. The van der Waals surface area contributed by atoms with Gasteiger partial charge in [-0.15, -0.1) is 12.4 Å². The van der Waals surface area contributed by atoms with Crippen LogP contribution in [-0.4, -0.2) is 5.91 Å². The maximum atomic E-state index is 12.6. The third kappa shape index (κ3) is 2.84. The summed E-state index contributed by atoms with van der Waals surface area (Å²) in [4.78, 5) is 10.9. The molecule has 3 N–H and O–H groups in total. The normalized spacial score (nSPS) is 8.85. The summed E-state index contributed by atoms with van der Waals surface area (Å²) in [6, 6.07) is 3.47. The van der Waals surface area contributed by atoms with E-state index in [1.54, 1.807) is 0 Å². The molecule has 0 bridgehead atoms. The Bertz CT molecular complexity index is 319. The van der Waals surface area contributed by atoms with Crippen molar-refractivity contribution in [3.63, 3.8) is 0 Å². The maximum absolute atomic E-state index is 12.6. The van der Waals surface area contributed by atoms with Crippen molar-refractivity contribution in [2.24, 2.45) is 5.84 Å². The smallest absolute Gasteiger partial charge is 0.266 e. The van der Waals surface area contributed by atoms with Crippen LogP contribution in [0.3, 0.4) is 0 Å². The van der Waals surface area contributed by atoms with Gasteiger partial charge < -0.3 is 0 Å². The van der Waals surface area contributed by atoms with Gasteiger partial charge in [0.25, 0.3) is 5.91 Å². The second-order valence-electron chi connectivity index (χ2n) is 2.10. The van der Waals surface area contributed by atoms with Crippen LogP contribution in [0.2, 0.25) is 5.02 Å². The van der Waals surface area contributed by atoms with Gasteiger partial charge in [-0.3, -0.25) is 10.2 Å². The van der Waals surface area contributed by atoms with Crippen LogP contribution in [0.25, 0.3) is 0 Å². The zero-order valence-corrected chi connectivity index (χ0v) is 7.95. The molecular weight excluding hydrogens is 218 g/mol. The number of hydrogen-bond acceptors (Lipinski definition) is 2. The highest BCUT2D eigenvalue weighted by Crippen LogP contribution is 2.16.